The topological polar surface area (TPSA) is 46.6 Å². The van der Waals surface area contributed by atoms with Crippen molar-refractivity contribution in [3.8, 4) is 5.75 Å². The van der Waals surface area contributed by atoms with Crippen LogP contribution in [0.15, 0.2) is 29.2 Å². The fourth-order valence-corrected chi connectivity index (χ4v) is 3.51. The lowest BCUT2D eigenvalue weighted by molar-refractivity contribution is -0.136. The van der Waals surface area contributed by atoms with E-state index in [0.717, 1.165) is 25.0 Å². The standard InChI is InChI=1S/C18H23NO3S/c1-4-6-9-12-19-17(20)15(16(18(19)21)23-5-2)13-10-7-8-11-14(13)22-3/h7-8,10-11H,4-6,9,12H2,1-3H3. The first-order chi connectivity index (χ1) is 11.2. The Morgan fingerprint density at radius 1 is 1.09 bits per heavy atom. The van der Waals surface area contributed by atoms with Gasteiger partial charge in [0, 0.05) is 12.1 Å². The second-order valence-corrected chi connectivity index (χ2v) is 6.58. The maximum Gasteiger partial charge on any atom is 0.267 e. The average molecular weight is 333 g/mol. The molecule has 0 aromatic heterocycles. The number of rotatable bonds is 8. The van der Waals surface area contributed by atoms with Gasteiger partial charge in [0.1, 0.15) is 5.75 Å². The Morgan fingerprint density at radius 2 is 1.83 bits per heavy atom. The Labute approximate surface area is 141 Å². The first kappa shape index (κ1) is 17.6. The van der Waals surface area contributed by atoms with Gasteiger partial charge in [-0.25, -0.2) is 0 Å². The molecular formula is C18H23NO3S. The number of hydrogen-bond donors (Lipinski definition) is 0. The SMILES string of the molecule is CCCCCN1C(=O)C(SCC)=C(c2ccccc2OC)C1=O. The van der Waals surface area contributed by atoms with Gasteiger partial charge in [0.2, 0.25) is 0 Å². The van der Waals surface area contributed by atoms with Gasteiger partial charge < -0.3 is 4.74 Å². The van der Waals surface area contributed by atoms with Crippen LogP contribution >= 0.6 is 11.8 Å². The highest BCUT2D eigenvalue weighted by molar-refractivity contribution is 8.04. The predicted octanol–water partition coefficient (Wildman–Crippen LogP) is 3.72. The number of thioether (sulfide) groups is 1. The number of hydrogen-bond acceptors (Lipinski definition) is 4. The predicted molar refractivity (Wildman–Crippen MR) is 94.3 cm³/mol. The van der Waals surface area contributed by atoms with Gasteiger partial charge >= 0.3 is 0 Å². The molecule has 1 aromatic rings. The molecule has 124 valence electrons. The van der Waals surface area contributed by atoms with E-state index < -0.39 is 0 Å². The molecule has 0 atom stereocenters. The molecule has 0 fully saturated rings. The second-order valence-electron chi connectivity index (χ2n) is 5.31. The zero-order chi connectivity index (χ0) is 16.8. The summed E-state index contributed by atoms with van der Waals surface area (Å²) < 4.78 is 5.38. The number of para-hydroxylation sites is 1. The Kier molecular flexibility index (Phi) is 6.28. The summed E-state index contributed by atoms with van der Waals surface area (Å²) in [5.41, 5.74) is 1.18. The highest BCUT2D eigenvalue weighted by Gasteiger charge is 2.39. The molecule has 0 N–H and O–H groups in total. The van der Waals surface area contributed by atoms with Crippen molar-refractivity contribution in [3.63, 3.8) is 0 Å². The molecule has 0 saturated carbocycles. The van der Waals surface area contributed by atoms with Crippen molar-refractivity contribution in [2.24, 2.45) is 0 Å². The highest BCUT2D eigenvalue weighted by Crippen LogP contribution is 2.39. The summed E-state index contributed by atoms with van der Waals surface area (Å²) in [4.78, 5) is 27.4. The van der Waals surface area contributed by atoms with E-state index in [1.807, 2.05) is 31.2 Å². The molecule has 0 unspecified atom stereocenters. The lowest BCUT2D eigenvalue weighted by atomic mass is 10.1. The average Bonchev–Trinajstić information content (AvgIpc) is 2.79. The van der Waals surface area contributed by atoms with Crippen LogP contribution in [0.1, 0.15) is 38.7 Å². The van der Waals surface area contributed by atoms with E-state index in [4.69, 9.17) is 4.74 Å². The summed E-state index contributed by atoms with van der Waals surface area (Å²) in [6.07, 6.45) is 2.91. The number of benzene rings is 1. The third-order valence-corrected chi connectivity index (χ3v) is 4.73. The Balaban J connectivity index is 2.40. The van der Waals surface area contributed by atoms with E-state index in [2.05, 4.69) is 6.92 Å². The summed E-state index contributed by atoms with van der Waals surface area (Å²) >= 11 is 1.43. The first-order valence-electron chi connectivity index (χ1n) is 8.02. The summed E-state index contributed by atoms with van der Waals surface area (Å²) in [6.45, 7) is 4.57. The van der Waals surface area contributed by atoms with Gasteiger partial charge in [-0.3, -0.25) is 14.5 Å². The van der Waals surface area contributed by atoms with E-state index in [9.17, 15) is 9.59 Å². The monoisotopic (exact) mass is 333 g/mol. The molecule has 0 spiro atoms. The highest BCUT2D eigenvalue weighted by atomic mass is 32.2. The van der Waals surface area contributed by atoms with Crippen LogP contribution in [0.4, 0.5) is 0 Å². The van der Waals surface area contributed by atoms with Crippen molar-refractivity contribution in [1.82, 2.24) is 4.90 Å². The Bertz CT molecular complexity index is 624. The smallest absolute Gasteiger partial charge is 0.267 e. The van der Waals surface area contributed by atoms with Gasteiger partial charge in [-0.1, -0.05) is 44.9 Å². The first-order valence-corrected chi connectivity index (χ1v) is 9.00. The van der Waals surface area contributed by atoms with Crippen LogP contribution in [0.25, 0.3) is 5.57 Å². The number of unbranched alkanes of at least 4 members (excludes halogenated alkanes) is 2. The van der Waals surface area contributed by atoms with Crippen LogP contribution in [0.2, 0.25) is 0 Å². The molecule has 4 nitrogen and oxygen atoms in total. The lowest BCUT2D eigenvalue weighted by Crippen LogP contribution is -2.32. The number of carbonyl (C=O) groups excluding carboxylic acids is 2. The molecule has 23 heavy (non-hydrogen) atoms. The number of carbonyl (C=O) groups is 2. The third-order valence-electron chi connectivity index (χ3n) is 3.78. The Hall–Kier alpha value is -1.75. The minimum Gasteiger partial charge on any atom is -0.496 e. The van der Waals surface area contributed by atoms with Crippen LogP contribution < -0.4 is 4.74 Å². The van der Waals surface area contributed by atoms with E-state index in [1.54, 1.807) is 7.11 Å². The van der Waals surface area contributed by atoms with Crippen molar-refractivity contribution >= 4 is 29.1 Å². The zero-order valence-electron chi connectivity index (χ0n) is 13.9. The fourth-order valence-electron chi connectivity index (χ4n) is 2.64. The molecule has 2 amide bonds. The summed E-state index contributed by atoms with van der Waals surface area (Å²) in [5, 5.41) is 0. The molecule has 0 aliphatic carbocycles. The number of imide groups is 1. The van der Waals surface area contributed by atoms with Gasteiger partial charge in [0.15, 0.2) is 0 Å². The van der Waals surface area contributed by atoms with E-state index in [1.165, 1.54) is 16.7 Å². The maximum absolute atomic E-state index is 12.8. The van der Waals surface area contributed by atoms with Gasteiger partial charge in [-0.05, 0) is 18.2 Å². The maximum atomic E-state index is 12.8. The van der Waals surface area contributed by atoms with Crippen LogP contribution in [0.5, 0.6) is 5.75 Å². The fraction of sp³-hybridized carbons (Fsp3) is 0.444. The van der Waals surface area contributed by atoms with Crippen LogP contribution in [0, 0.1) is 0 Å². The molecule has 0 bridgehead atoms. The van der Waals surface area contributed by atoms with Gasteiger partial charge in [0.05, 0.1) is 17.6 Å². The molecule has 0 saturated heterocycles. The minimum absolute atomic E-state index is 0.168. The van der Waals surface area contributed by atoms with E-state index in [0.29, 0.717) is 28.3 Å². The normalized spacial score (nSPS) is 14.8. The molecule has 1 heterocycles. The molecular weight excluding hydrogens is 310 g/mol. The van der Waals surface area contributed by atoms with Crippen LogP contribution in [-0.4, -0.2) is 36.1 Å². The number of ether oxygens (including phenoxy) is 1. The summed E-state index contributed by atoms with van der Waals surface area (Å²) in [6, 6.07) is 7.37. The van der Waals surface area contributed by atoms with Crippen molar-refractivity contribution in [2.45, 2.75) is 33.1 Å². The van der Waals surface area contributed by atoms with E-state index >= 15 is 0 Å². The van der Waals surface area contributed by atoms with Crippen molar-refractivity contribution in [2.75, 3.05) is 19.4 Å². The molecule has 1 aliphatic heterocycles. The van der Waals surface area contributed by atoms with Crippen LogP contribution in [-0.2, 0) is 9.59 Å². The van der Waals surface area contributed by atoms with Crippen molar-refractivity contribution in [1.29, 1.82) is 0 Å². The third kappa shape index (κ3) is 3.61. The number of amides is 2. The molecule has 5 heteroatoms. The Morgan fingerprint density at radius 3 is 2.48 bits per heavy atom. The molecule has 1 aromatic carbocycles. The van der Waals surface area contributed by atoms with Gasteiger partial charge in [-0.2, -0.15) is 0 Å². The quantitative estimate of drug-likeness (QED) is 0.537. The van der Waals surface area contributed by atoms with Gasteiger partial charge in [-0.15, -0.1) is 11.8 Å². The van der Waals surface area contributed by atoms with Crippen LogP contribution in [0.3, 0.4) is 0 Å². The number of methoxy groups -OCH3 is 1. The van der Waals surface area contributed by atoms with Gasteiger partial charge in [0.25, 0.3) is 11.8 Å². The molecule has 0 radical (unpaired) electrons. The largest absolute Gasteiger partial charge is 0.496 e. The number of nitrogens with zero attached hydrogens (tertiary/aromatic N) is 1. The van der Waals surface area contributed by atoms with E-state index in [-0.39, 0.29) is 11.8 Å². The molecule has 2 rings (SSSR count). The molecule has 1 aliphatic rings. The lowest BCUT2D eigenvalue weighted by Gasteiger charge is -2.15. The minimum atomic E-state index is -0.202. The zero-order valence-corrected chi connectivity index (χ0v) is 14.7. The van der Waals surface area contributed by atoms with Crippen molar-refractivity contribution < 1.29 is 14.3 Å². The summed E-state index contributed by atoms with van der Waals surface area (Å²) in [5.74, 6) is 0.995. The van der Waals surface area contributed by atoms with Crippen molar-refractivity contribution in [3.05, 3.63) is 34.7 Å². The summed E-state index contributed by atoms with van der Waals surface area (Å²) in [7, 11) is 1.58. The second kappa shape index (κ2) is 8.20.